The first-order chi connectivity index (χ1) is 13.6. The van der Waals surface area contributed by atoms with Crippen LogP contribution < -0.4 is 0 Å². The Labute approximate surface area is 171 Å². The summed E-state index contributed by atoms with van der Waals surface area (Å²) in [4.78, 5) is 25.2. The molecule has 2 aliphatic carbocycles. The van der Waals surface area contributed by atoms with Gasteiger partial charge in [-0.1, -0.05) is 20.8 Å². The van der Waals surface area contributed by atoms with E-state index in [0.29, 0.717) is 6.42 Å². The van der Waals surface area contributed by atoms with Crippen molar-refractivity contribution >= 4 is 16.9 Å². The average Bonchev–Trinajstić information content (AvgIpc) is 2.96. The zero-order chi connectivity index (χ0) is 21.2. The first-order valence-corrected chi connectivity index (χ1v) is 9.97. The Kier molecular flexibility index (Phi) is 4.00. The Bertz CT molecular complexity index is 1120. The summed E-state index contributed by atoms with van der Waals surface area (Å²) in [7, 11) is 0. The number of hydrogen-bond acceptors (Lipinski definition) is 5. The molecule has 0 radical (unpaired) electrons. The Hall–Kier alpha value is -2.99. The number of fused-ring (bicyclic) bond motifs is 6. The molecule has 0 aliphatic heterocycles. The summed E-state index contributed by atoms with van der Waals surface area (Å²) in [5.74, 6) is -0.175. The van der Waals surface area contributed by atoms with Gasteiger partial charge in [-0.3, -0.25) is 4.79 Å². The van der Waals surface area contributed by atoms with E-state index in [-0.39, 0.29) is 24.4 Å². The van der Waals surface area contributed by atoms with Gasteiger partial charge in [0.05, 0.1) is 40.0 Å². The summed E-state index contributed by atoms with van der Waals surface area (Å²) >= 11 is 0. The molecule has 2 aliphatic rings. The molecule has 0 N–H and O–H groups in total. The molecule has 0 spiro atoms. The Morgan fingerprint density at radius 2 is 1.52 bits per heavy atom. The van der Waals surface area contributed by atoms with Crippen molar-refractivity contribution in [3.05, 3.63) is 34.6 Å². The normalized spacial score (nSPS) is 26.0. The molecule has 1 aromatic carbocycles. The fraction of sp³-hybridized carbons (Fsp3) is 0.522. The van der Waals surface area contributed by atoms with Gasteiger partial charge in [-0.25, -0.2) is 9.97 Å². The monoisotopic (exact) mass is 387 g/mol. The maximum Gasteiger partial charge on any atom is 0.237 e. The van der Waals surface area contributed by atoms with Gasteiger partial charge in [0.1, 0.15) is 13.1 Å². The quantitative estimate of drug-likeness (QED) is 0.752. The van der Waals surface area contributed by atoms with Gasteiger partial charge >= 0.3 is 0 Å². The molecule has 2 unspecified atom stereocenters. The molecule has 1 saturated carbocycles. The lowest BCUT2D eigenvalue weighted by atomic mass is 9.63. The lowest BCUT2D eigenvalue weighted by Crippen LogP contribution is -2.53. The van der Waals surface area contributed by atoms with Crippen LogP contribution in [0.3, 0.4) is 0 Å². The van der Waals surface area contributed by atoms with Crippen LogP contribution in [0.4, 0.5) is 0 Å². The van der Waals surface area contributed by atoms with Crippen LogP contribution in [-0.2, 0) is 15.6 Å². The summed E-state index contributed by atoms with van der Waals surface area (Å²) in [6.07, 6.45) is 1.48. The van der Waals surface area contributed by atoms with Crippen molar-refractivity contribution in [2.45, 2.75) is 58.3 Å². The number of nitrogens with zero attached hydrogens (tertiary/aromatic N) is 5. The minimum Gasteiger partial charge on any atom is -0.315 e. The third-order valence-electron chi connectivity index (χ3n) is 7.83. The van der Waals surface area contributed by atoms with Gasteiger partial charge in [-0.15, -0.1) is 0 Å². The van der Waals surface area contributed by atoms with Crippen molar-refractivity contribution < 1.29 is 4.79 Å². The molecule has 2 aromatic rings. The molecule has 6 nitrogen and oxygen atoms in total. The Balaban J connectivity index is 2.00. The first kappa shape index (κ1) is 19.3. The van der Waals surface area contributed by atoms with Crippen LogP contribution in [0.5, 0.6) is 0 Å². The van der Waals surface area contributed by atoms with Crippen molar-refractivity contribution in [3.63, 3.8) is 0 Å². The van der Waals surface area contributed by atoms with E-state index in [1.54, 1.807) is 0 Å². The van der Waals surface area contributed by atoms with E-state index in [2.05, 4.69) is 33.8 Å². The van der Waals surface area contributed by atoms with E-state index < -0.39 is 10.8 Å². The van der Waals surface area contributed by atoms with Crippen molar-refractivity contribution in [1.82, 2.24) is 14.9 Å². The van der Waals surface area contributed by atoms with Crippen LogP contribution in [0.15, 0.2) is 12.1 Å². The fourth-order valence-electron chi connectivity index (χ4n) is 5.47. The van der Waals surface area contributed by atoms with Crippen LogP contribution in [0, 0.1) is 41.9 Å². The minimum atomic E-state index is -0.870. The number of aromatic nitrogens is 2. The highest BCUT2D eigenvalue weighted by molar-refractivity contribution is 5.93. The second kappa shape index (κ2) is 6.00. The highest BCUT2D eigenvalue weighted by Gasteiger charge is 2.73. The molecule has 1 fully saturated rings. The number of benzene rings is 1. The van der Waals surface area contributed by atoms with Gasteiger partial charge in [0.15, 0.2) is 0 Å². The molecule has 6 heteroatoms. The van der Waals surface area contributed by atoms with E-state index >= 15 is 0 Å². The third kappa shape index (κ3) is 2.18. The van der Waals surface area contributed by atoms with Crippen LogP contribution in [-0.4, -0.2) is 33.9 Å². The van der Waals surface area contributed by atoms with E-state index in [9.17, 15) is 15.3 Å². The molecule has 4 rings (SSSR count). The van der Waals surface area contributed by atoms with Crippen molar-refractivity contribution in [3.8, 4) is 12.1 Å². The van der Waals surface area contributed by atoms with Gasteiger partial charge in [-0.2, -0.15) is 10.5 Å². The summed E-state index contributed by atoms with van der Waals surface area (Å²) < 4.78 is 0. The highest BCUT2D eigenvalue weighted by Crippen LogP contribution is 2.70. The number of carbonyl (C=O) groups is 1. The predicted octanol–water partition coefficient (Wildman–Crippen LogP) is 3.45. The molecule has 148 valence electrons. The van der Waals surface area contributed by atoms with E-state index in [4.69, 9.17) is 9.97 Å². The van der Waals surface area contributed by atoms with Crippen molar-refractivity contribution in [1.29, 1.82) is 10.5 Å². The molecule has 2 bridgehead atoms. The molecular weight excluding hydrogens is 362 g/mol. The number of amides is 1. The average molecular weight is 387 g/mol. The summed E-state index contributed by atoms with van der Waals surface area (Å²) in [5, 5.41) is 18.4. The lowest BCUT2D eigenvalue weighted by molar-refractivity contribution is -0.140. The number of hydrogen-bond donors (Lipinski definition) is 0. The molecule has 1 aromatic heterocycles. The smallest absolute Gasteiger partial charge is 0.237 e. The van der Waals surface area contributed by atoms with Gasteiger partial charge in [0.25, 0.3) is 0 Å². The summed E-state index contributed by atoms with van der Waals surface area (Å²) in [6, 6.07) is 8.16. The van der Waals surface area contributed by atoms with Gasteiger partial charge in [-0.05, 0) is 55.4 Å². The number of carbonyl (C=O) groups excluding carboxylic acids is 1. The molecular formula is C23H25N5O. The van der Waals surface area contributed by atoms with E-state index in [1.807, 2.05) is 25.1 Å². The van der Waals surface area contributed by atoms with Crippen molar-refractivity contribution in [2.24, 2.45) is 5.41 Å². The fourth-order valence-corrected chi connectivity index (χ4v) is 5.47. The Morgan fingerprint density at radius 1 is 1.00 bits per heavy atom. The minimum absolute atomic E-state index is 0.102. The number of aryl methyl sites for hydroxylation is 2. The second-order valence-corrected chi connectivity index (χ2v) is 9.19. The highest BCUT2D eigenvalue weighted by atomic mass is 16.2. The predicted molar refractivity (Wildman–Crippen MR) is 109 cm³/mol. The SMILES string of the molecule is Cc1cc2nc3c(nc2cc1C)C1(C(=O)N(CC#N)CC#N)CCC3(C)C1(C)C. The summed E-state index contributed by atoms with van der Waals surface area (Å²) in [6.45, 7) is 10.3. The Morgan fingerprint density at radius 3 is 2.03 bits per heavy atom. The van der Waals surface area contributed by atoms with E-state index in [0.717, 1.165) is 34.4 Å². The maximum absolute atomic E-state index is 13.8. The summed E-state index contributed by atoms with van der Waals surface area (Å²) in [5.41, 5.74) is 3.99. The molecule has 2 atom stereocenters. The van der Waals surface area contributed by atoms with Gasteiger partial charge in [0.2, 0.25) is 5.91 Å². The van der Waals surface area contributed by atoms with Crippen LogP contribution in [0.2, 0.25) is 0 Å². The van der Waals surface area contributed by atoms with Crippen molar-refractivity contribution in [2.75, 3.05) is 13.1 Å². The first-order valence-electron chi connectivity index (χ1n) is 9.97. The zero-order valence-corrected chi connectivity index (χ0v) is 17.6. The van der Waals surface area contributed by atoms with Gasteiger partial charge < -0.3 is 4.90 Å². The second-order valence-electron chi connectivity index (χ2n) is 9.19. The van der Waals surface area contributed by atoms with Crippen LogP contribution in [0.25, 0.3) is 11.0 Å². The van der Waals surface area contributed by atoms with E-state index in [1.165, 1.54) is 10.5 Å². The standard InChI is InChI=1S/C23H25N5O/c1-14-12-16-17(13-15(14)2)27-19-18(26-16)22(5)6-7-23(19,21(22,3)4)20(29)28(10-8-24)11-9-25/h12-13H,6-7,10-11H2,1-5H3. The molecule has 29 heavy (non-hydrogen) atoms. The maximum atomic E-state index is 13.8. The largest absolute Gasteiger partial charge is 0.315 e. The zero-order valence-electron chi connectivity index (χ0n) is 17.6. The molecule has 1 amide bonds. The number of nitriles is 2. The van der Waals surface area contributed by atoms with Crippen LogP contribution >= 0.6 is 0 Å². The number of rotatable bonds is 3. The third-order valence-corrected chi connectivity index (χ3v) is 7.83. The van der Waals surface area contributed by atoms with Gasteiger partial charge in [0, 0.05) is 5.41 Å². The molecule has 1 heterocycles. The topological polar surface area (TPSA) is 93.7 Å². The molecule has 0 saturated heterocycles. The lowest BCUT2D eigenvalue weighted by Gasteiger charge is -2.41. The van der Waals surface area contributed by atoms with Crippen LogP contribution in [0.1, 0.15) is 56.1 Å².